The quantitative estimate of drug-likeness (QED) is 0.754. The van der Waals surface area contributed by atoms with Gasteiger partial charge in [-0.25, -0.2) is 0 Å². The van der Waals surface area contributed by atoms with Gasteiger partial charge in [0.05, 0.1) is 0 Å². The lowest BCUT2D eigenvalue weighted by Gasteiger charge is -2.21. The Kier molecular flexibility index (Phi) is 5.47. The zero-order valence-electron chi connectivity index (χ0n) is 8.34. The molecule has 0 bridgehead atoms. The van der Waals surface area contributed by atoms with Crippen molar-refractivity contribution >= 4 is 16.9 Å². The van der Waals surface area contributed by atoms with Gasteiger partial charge in [-0.05, 0) is 38.3 Å². The summed E-state index contributed by atoms with van der Waals surface area (Å²) in [5.41, 5.74) is 0. The van der Waals surface area contributed by atoms with Gasteiger partial charge in [0.2, 0.25) is 0 Å². The zero-order valence-corrected chi connectivity index (χ0v) is 9.16. The minimum absolute atomic E-state index is 0.369. The first-order valence-corrected chi connectivity index (χ1v) is 6.18. The maximum atomic E-state index is 11.2. The Balaban J connectivity index is 2.06. The van der Waals surface area contributed by atoms with Crippen molar-refractivity contribution in [3.8, 4) is 0 Å². The van der Waals surface area contributed by atoms with Crippen LogP contribution in [0.25, 0.3) is 0 Å². The van der Waals surface area contributed by atoms with Crippen LogP contribution in [0.5, 0.6) is 0 Å². The minimum Gasteiger partial charge on any atom is -0.316 e. The summed E-state index contributed by atoms with van der Waals surface area (Å²) >= 11 is 1.53. The lowest BCUT2D eigenvalue weighted by molar-refractivity contribution is -0.111. The van der Waals surface area contributed by atoms with Crippen LogP contribution in [0.3, 0.4) is 0 Å². The molecule has 1 fully saturated rings. The van der Waals surface area contributed by atoms with E-state index in [1.165, 1.54) is 24.6 Å². The monoisotopic (exact) mass is 201 g/mol. The van der Waals surface area contributed by atoms with Crippen molar-refractivity contribution in [1.29, 1.82) is 0 Å². The molecule has 0 spiro atoms. The molecule has 0 amide bonds. The normalized spacial score (nSPS) is 23.0. The molecule has 0 aliphatic carbocycles. The van der Waals surface area contributed by atoms with Gasteiger partial charge in [-0.3, -0.25) is 4.79 Å². The molecule has 1 aliphatic rings. The van der Waals surface area contributed by atoms with E-state index in [1.54, 1.807) is 0 Å². The first-order valence-electron chi connectivity index (χ1n) is 5.19. The van der Waals surface area contributed by atoms with Gasteiger partial charge >= 0.3 is 0 Å². The van der Waals surface area contributed by atoms with Crippen LogP contribution >= 0.6 is 11.8 Å². The van der Waals surface area contributed by atoms with Crippen LogP contribution in [0.2, 0.25) is 0 Å². The fourth-order valence-corrected chi connectivity index (χ4v) is 2.61. The molecule has 1 saturated heterocycles. The van der Waals surface area contributed by atoms with E-state index in [9.17, 15) is 4.79 Å². The Hall–Kier alpha value is -0.0200. The molecule has 1 heterocycles. The van der Waals surface area contributed by atoms with E-state index in [1.807, 2.05) is 0 Å². The summed E-state index contributed by atoms with van der Waals surface area (Å²) in [6.45, 7) is 4.32. The molecule has 1 rings (SSSR count). The summed E-state index contributed by atoms with van der Waals surface area (Å²) in [5.74, 6) is 1.74. The van der Waals surface area contributed by atoms with Crippen LogP contribution < -0.4 is 5.32 Å². The van der Waals surface area contributed by atoms with Crippen molar-refractivity contribution in [2.75, 3.05) is 18.8 Å². The minimum atomic E-state index is 0.369. The molecule has 13 heavy (non-hydrogen) atoms. The highest BCUT2D eigenvalue weighted by Gasteiger charge is 2.14. The van der Waals surface area contributed by atoms with Gasteiger partial charge in [0.15, 0.2) is 5.12 Å². The van der Waals surface area contributed by atoms with Gasteiger partial charge in [0, 0.05) is 12.2 Å². The summed E-state index contributed by atoms with van der Waals surface area (Å²) in [6, 6.07) is 0. The molecular formula is C10H19NOS. The topological polar surface area (TPSA) is 29.1 Å². The first-order chi connectivity index (χ1) is 6.33. The largest absolute Gasteiger partial charge is 0.316 e. The second-order valence-electron chi connectivity index (χ2n) is 3.65. The molecule has 3 heteroatoms. The van der Waals surface area contributed by atoms with Gasteiger partial charge in [-0.2, -0.15) is 0 Å². The predicted molar refractivity (Wildman–Crippen MR) is 58.0 cm³/mol. The van der Waals surface area contributed by atoms with Gasteiger partial charge in [0.25, 0.3) is 0 Å². The van der Waals surface area contributed by atoms with Gasteiger partial charge in [-0.1, -0.05) is 18.7 Å². The SMILES string of the molecule is CCCC(=O)SCC1CCCNC1. The Labute approximate surface area is 84.9 Å². The van der Waals surface area contributed by atoms with Crippen LogP contribution in [0, 0.1) is 5.92 Å². The van der Waals surface area contributed by atoms with Crippen LogP contribution in [0.4, 0.5) is 0 Å². The number of carbonyl (C=O) groups excluding carboxylic acids is 1. The van der Waals surface area contributed by atoms with Crippen LogP contribution in [0.15, 0.2) is 0 Å². The highest BCUT2D eigenvalue weighted by atomic mass is 32.2. The third-order valence-corrected chi connectivity index (χ3v) is 3.50. The van der Waals surface area contributed by atoms with Crippen molar-refractivity contribution in [3.63, 3.8) is 0 Å². The zero-order chi connectivity index (χ0) is 9.52. The molecule has 1 unspecified atom stereocenters. The lowest BCUT2D eigenvalue weighted by atomic mass is 10.0. The second-order valence-corrected chi connectivity index (χ2v) is 4.72. The standard InChI is InChI=1S/C10H19NOS/c1-2-4-10(12)13-8-9-5-3-6-11-7-9/h9,11H,2-8H2,1H3. The van der Waals surface area contributed by atoms with E-state index in [2.05, 4.69) is 12.2 Å². The number of hydrogen-bond donors (Lipinski definition) is 1. The Morgan fingerprint density at radius 2 is 2.46 bits per heavy atom. The fourth-order valence-electron chi connectivity index (χ4n) is 1.55. The number of nitrogens with one attached hydrogen (secondary N) is 1. The molecule has 1 atom stereocenters. The maximum Gasteiger partial charge on any atom is 0.188 e. The summed E-state index contributed by atoms with van der Waals surface area (Å²) in [7, 11) is 0. The molecule has 0 saturated carbocycles. The number of piperidine rings is 1. The van der Waals surface area contributed by atoms with E-state index in [0.29, 0.717) is 5.12 Å². The molecule has 76 valence electrons. The average Bonchev–Trinajstić information content (AvgIpc) is 2.17. The Bertz CT molecular complexity index is 155. The second kappa shape index (κ2) is 6.44. The van der Waals surface area contributed by atoms with E-state index >= 15 is 0 Å². The van der Waals surface area contributed by atoms with E-state index < -0.39 is 0 Å². The maximum absolute atomic E-state index is 11.2. The van der Waals surface area contributed by atoms with Crippen LogP contribution in [-0.4, -0.2) is 24.0 Å². The van der Waals surface area contributed by atoms with Crippen LogP contribution in [-0.2, 0) is 4.79 Å². The van der Waals surface area contributed by atoms with Gasteiger partial charge in [0.1, 0.15) is 0 Å². The summed E-state index contributed by atoms with van der Waals surface area (Å²) in [4.78, 5) is 11.2. The Morgan fingerprint density at radius 3 is 3.08 bits per heavy atom. The molecule has 2 nitrogen and oxygen atoms in total. The number of thioether (sulfide) groups is 1. The van der Waals surface area contributed by atoms with E-state index in [4.69, 9.17) is 0 Å². The van der Waals surface area contributed by atoms with Gasteiger partial charge in [-0.15, -0.1) is 0 Å². The summed E-state index contributed by atoms with van der Waals surface area (Å²) in [6.07, 6.45) is 4.28. The molecule has 1 aliphatic heterocycles. The summed E-state index contributed by atoms with van der Waals surface area (Å²) in [5, 5.41) is 3.73. The highest BCUT2D eigenvalue weighted by molar-refractivity contribution is 8.13. The smallest absolute Gasteiger partial charge is 0.188 e. The van der Waals surface area contributed by atoms with Crippen molar-refractivity contribution < 1.29 is 4.79 Å². The van der Waals surface area contributed by atoms with E-state index in [-0.39, 0.29) is 0 Å². The average molecular weight is 201 g/mol. The molecule has 0 radical (unpaired) electrons. The van der Waals surface area contributed by atoms with Gasteiger partial charge < -0.3 is 5.32 Å². The van der Waals surface area contributed by atoms with Crippen LogP contribution in [0.1, 0.15) is 32.6 Å². The van der Waals surface area contributed by atoms with Crippen molar-refractivity contribution in [2.45, 2.75) is 32.6 Å². The fraction of sp³-hybridized carbons (Fsp3) is 0.900. The molecule has 0 aromatic carbocycles. The summed E-state index contributed by atoms with van der Waals surface area (Å²) < 4.78 is 0. The third-order valence-electron chi connectivity index (χ3n) is 2.33. The van der Waals surface area contributed by atoms with Crippen molar-refractivity contribution in [3.05, 3.63) is 0 Å². The predicted octanol–water partition coefficient (Wildman–Crippen LogP) is 2.05. The van der Waals surface area contributed by atoms with Crippen molar-refractivity contribution in [2.24, 2.45) is 5.92 Å². The number of hydrogen-bond acceptors (Lipinski definition) is 3. The molecular weight excluding hydrogens is 182 g/mol. The molecule has 1 N–H and O–H groups in total. The molecule has 0 aromatic rings. The Morgan fingerprint density at radius 1 is 1.62 bits per heavy atom. The first kappa shape index (κ1) is 11.1. The highest BCUT2D eigenvalue weighted by Crippen LogP contribution is 2.18. The lowest BCUT2D eigenvalue weighted by Crippen LogP contribution is -2.31. The third kappa shape index (κ3) is 4.67. The number of rotatable bonds is 4. The molecule has 0 aromatic heterocycles. The van der Waals surface area contributed by atoms with Crippen molar-refractivity contribution in [1.82, 2.24) is 5.32 Å². The van der Waals surface area contributed by atoms with E-state index in [0.717, 1.165) is 37.6 Å². The number of carbonyl (C=O) groups is 1.